The van der Waals surface area contributed by atoms with Gasteiger partial charge < -0.3 is 0 Å². The van der Waals surface area contributed by atoms with E-state index in [1.165, 1.54) is 0 Å². The molecule has 0 fully saturated rings. The van der Waals surface area contributed by atoms with Crippen molar-refractivity contribution in [2.75, 3.05) is 0 Å². The minimum absolute atomic E-state index is 0.485. The van der Waals surface area contributed by atoms with Crippen LogP contribution in [0.15, 0.2) is 12.4 Å². The van der Waals surface area contributed by atoms with E-state index in [0.29, 0.717) is 22.8 Å². The number of aromatic nitrogens is 3. The van der Waals surface area contributed by atoms with Gasteiger partial charge in [-0.25, -0.2) is 0 Å². The van der Waals surface area contributed by atoms with Gasteiger partial charge in [0.05, 0.1) is 0 Å². The summed E-state index contributed by atoms with van der Waals surface area (Å²) < 4.78 is 1.85. The van der Waals surface area contributed by atoms with Crippen LogP contribution < -0.4 is 0 Å². The SMILES string of the molecule is [SnH3][n]1ccnn1. The van der Waals surface area contributed by atoms with Crippen molar-refractivity contribution >= 4 is 22.8 Å². The van der Waals surface area contributed by atoms with Crippen molar-refractivity contribution in [2.24, 2.45) is 0 Å². The maximum atomic E-state index is 3.68. The summed E-state index contributed by atoms with van der Waals surface area (Å²) in [7, 11) is 0. The Hall–Kier alpha value is -0.0613. The molecule has 0 aromatic carbocycles. The molecule has 0 unspecified atom stereocenters. The standard InChI is InChI=1S/C2H2N3.Sn.3H/c1-2-4-5-3-1;;;;/h1-2H;;;;/q-1;+1;;;. The summed E-state index contributed by atoms with van der Waals surface area (Å²) in [6, 6.07) is 0. The molecule has 32 valence electrons. The van der Waals surface area contributed by atoms with Gasteiger partial charge in [-0.15, -0.1) is 0 Å². The molecule has 0 radical (unpaired) electrons. The molecule has 4 heteroatoms. The van der Waals surface area contributed by atoms with Gasteiger partial charge in [0.25, 0.3) is 0 Å². The average Bonchev–Trinajstić information content (AvgIpc) is 1.86. The van der Waals surface area contributed by atoms with Gasteiger partial charge in [0, 0.05) is 0 Å². The molecule has 0 N–H and O–H groups in total. The van der Waals surface area contributed by atoms with E-state index in [4.69, 9.17) is 0 Å². The summed E-state index contributed by atoms with van der Waals surface area (Å²) >= 11 is 0.485. The predicted octanol–water partition coefficient (Wildman–Crippen LogP) is -1.59. The van der Waals surface area contributed by atoms with Gasteiger partial charge in [-0.2, -0.15) is 0 Å². The van der Waals surface area contributed by atoms with Gasteiger partial charge in [0.2, 0.25) is 0 Å². The van der Waals surface area contributed by atoms with Gasteiger partial charge in [-0.3, -0.25) is 0 Å². The molecule has 0 spiro atoms. The van der Waals surface area contributed by atoms with Crippen LogP contribution in [0.4, 0.5) is 0 Å². The molecule has 0 aliphatic carbocycles. The maximum absolute atomic E-state index is 3.68. The van der Waals surface area contributed by atoms with Crippen molar-refractivity contribution in [3.05, 3.63) is 12.4 Å². The minimum atomic E-state index is 0.485. The third kappa shape index (κ3) is 0.706. The van der Waals surface area contributed by atoms with E-state index in [0.717, 1.165) is 0 Å². The molecule has 0 aliphatic rings. The van der Waals surface area contributed by atoms with E-state index < -0.39 is 0 Å². The van der Waals surface area contributed by atoms with Crippen molar-refractivity contribution in [3.8, 4) is 0 Å². The Morgan fingerprint density at radius 3 is 2.67 bits per heavy atom. The van der Waals surface area contributed by atoms with Gasteiger partial charge in [0.1, 0.15) is 0 Å². The molecular formula is C2H5N3Sn. The van der Waals surface area contributed by atoms with E-state index in [1.807, 2.05) is 9.10 Å². The Labute approximate surface area is 48.8 Å². The normalized spacial score (nSPS) is 9.33. The van der Waals surface area contributed by atoms with Crippen molar-refractivity contribution in [1.29, 1.82) is 0 Å². The summed E-state index contributed by atoms with van der Waals surface area (Å²) in [6.45, 7) is 0. The molecule has 1 heterocycles. The van der Waals surface area contributed by atoms with Gasteiger partial charge >= 0.3 is 48.4 Å². The monoisotopic (exact) mass is 191 g/mol. The summed E-state index contributed by atoms with van der Waals surface area (Å²) in [4.78, 5) is 0. The van der Waals surface area contributed by atoms with E-state index in [2.05, 4.69) is 10.3 Å². The van der Waals surface area contributed by atoms with Crippen LogP contribution in [0.5, 0.6) is 0 Å². The van der Waals surface area contributed by atoms with Crippen molar-refractivity contribution in [3.63, 3.8) is 0 Å². The van der Waals surface area contributed by atoms with Crippen molar-refractivity contribution in [2.45, 2.75) is 0 Å². The van der Waals surface area contributed by atoms with E-state index in [1.54, 1.807) is 6.20 Å². The molecule has 0 saturated carbocycles. The predicted molar refractivity (Wildman–Crippen MR) is 25.4 cm³/mol. The second-order valence-corrected chi connectivity index (χ2v) is 3.69. The molecule has 1 aromatic heterocycles. The second-order valence-electron chi connectivity index (χ2n) is 1.08. The molecule has 0 saturated heterocycles. The van der Waals surface area contributed by atoms with Crippen LogP contribution in [0.1, 0.15) is 0 Å². The quantitative estimate of drug-likeness (QED) is 0.461. The fourth-order valence-electron chi connectivity index (χ4n) is 0.267. The van der Waals surface area contributed by atoms with E-state index in [-0.39, 0.29) is 0 Å². The zero-order valence-electron chi connectivity index (χ0n) is 3.50. The van der Waals surface area contributed by atoms with E-state index >= 15 is 0 Å². The molecule has 0 bridgehead atoms. The molecule has 3 nitrogen and oxygen atoms in total. The first-order valence-electron chi connectivity index (χ1n) is 1.70. The number of hydrogen-bond donors (Lipinski definition) is 0. The molecule has 0 amide bonds. The molecule has 6 heavy (non-hydrogen) atoms. The Morgan fingerprint density at radius 1 is 1.67 bits per heavy atom. The van der Waals surface area contributed by atoms with Crippen LogP contribution in [-0.4, -0.2) is 36.0 Å². The van der Waals surface area contributed by atoms with Gasteiger partial charge in [0.15, 0.2) is 0 Å². The fraction of sp³-hybridized carbons (Fsp3) is 0. The van der Waals surface area contributed by atoms with Gasteiger partial charge in [-0.1, -0.05) is 0 Å². The Kier molecular flexibility index (Phi) is 1.09. The Balaban J connectivity index is 3.05. The summed E-state index contributed by atoms with van der Waals surface area (Å²) in [5.41, 5.74) is 0. The zero-order chi connectivity index (χ0) is 4.41. The molecule has 1 rings (SSSR count). The van der Waals surface area contributed by atoms with Crippen molar-refractivity contribution < 1.29 is 0 Å². The van der Waals surface area contributed by atoms with Crippen LogP contribution >= 0.6 is 0 Å². The number of nitrogens with zero attached hydrogens (tertiary/aromatic N) is 3. The fourth-order valence-corrected chi connectivity index (χ4v) is 0.943. The topological polar surface area (TPSA) is 30.7 Å². The van der Waals surface area contributed by atoms with Crippen LogP contribution in [0, 0.1) is 0 Å². The van der Waals surface area contributed by atoms with Crippen molar-refractivity contribution in [1.82, 2.24) is 13.2 Å². The van der Waals surface area contributed by atoms with Crippen LogP contribution in [0.25, 0.3) is 0 Å². The Morgan fingerprint density at radius 2 is 2.50 bits per heavy atom. The first-order chi connectivity index (χ1) is 2.89. The molecule has 0 aliphatic heterocycles. The molecule has 1 aromatic rings. The second kappa shape index (κ2) is 1.59. The summed E-state index contributed by atoms with van der Waals surface area (Å²) in [5.74, 6) is 0. The Bertz CT molecular complexity index is 112. The van der Waals surface area contributed by atoms with E-state index in [9.17, 15) is 0 Å². The summed E-state index contributed by atoms with van der Waals surface area (Å²) in [5, 5.41) is 7.26. The van der Waals surface area contributed by atoms with Crippen LogP contribution in [0.3, 0.4) is 0 Å². The third-order valence-corrected chi connectivity index (χ3v) is 1.90. The molecular weight excluding hydrogens is 185 g/mol. The van der Waals surface area contributed by atoms with Crippen LogP contribution in [0.2, 0.25) is 0 Å². The first-order valence-corrected chi connectivity index (χ1v) is 4.25. The molecule has 0 atom stereocenters. The first kappa shape index (κ1) is 4.11. The summed E-state index contributed by atoms with van der Waals surface area (Å²) in [6.07, 6.45) is 3.56. The average molecular weight is 190 g/mol. The third-order valence-electron chi connectivity index (χ3n) is 0.542. The van der Waals surface area contributed by atoms with Gasteiger partial charge in [-0.05, 0) is 0 Å². The zero-order valence-corrected chi connectivity index (χ0v) is 9.20. The number of hydrogen-bond acceptors (Lipinski definition) is 2. The van der Waals surface area contributed by atoms with Crippen LogP contribution in [-0.2, 0) is 0 Å². The number of rotatable bonds is 0.